The minimum atomic E-state index is -2.05. The van der Waals surface area contributed by atoms with E-state index in [0.29, 0.717) is 39.0 Å². The molecule has 2 aromatic carbocycles. The van der Waals surface area contributed by atoms with E-state index in [1.165, 1.54) is 28.9 Å². The lowest BCUT2D eigenvalue weighted by Gasteiger charge is -2.31. The van der Waals surface area contributed by atoms with Gasteiger partial charge in [-0.2, -0.15) is 0 Å². The second-order valence-corrected chi connectivity index (χ2v) is 18.6. The van der Waals surface area contributed by atoms with Crippen LogP contribution in [0.15, 0.2) is 65.5 Å². The number of alkyl carbamates (subject to hydrolysis) is 1. The number of fused-ring (bicyclic) bond motifs is 5. The lowest BCUT2D eigenvalue weighted by molar-refractivity contribution is -0.172. The summed E-state index contributed by atoms with van der Waals surface area (Å²) in [4.78, 5) is 132. The topological polar surface area (TPSA) is 340 Å². The molecule has 5 heterocycles. The van der Waals surface area contributed by atoms with Crippen molar-refractivity contribution in [3.63, 3.8) is 0 Å². The summed E-state index contributed by atoms with van der Waals surface area (Å²) in [6.07, 6.45) is 1.48. The maximum absolute atomic E-state index is 14.9. The van der Waals surface area contributed by atoms with Crippen molar-refractivity contribution in [3.05, 3.63) is 110 Å². The van der Waals surface area contributed by atoms with E-state index >= 15 is 0 Å². The van der Waals surface area contributed by atoms with Gasteiger partial charge in [-0.3, -0.25) is 43.3 Å². The molecule has 0 unspecified atom stereocenters. The van der Waals surface area contributed by atoms with Gasteiger partial charge in [0.05, 0.1) is 101 Å². The first-order valence-corrected chi connectivity index (χ1v) is 25.9. The molecule has 7 rings (SSSR count). The Hall–Kier alpha value is -8.50. The number of benzene rings is 2. The number of pyridine rings is 2. The summed E-state index contributed by atoms with van der Waals surface area (Å²) >= 11 is 0. The summed E-state index contributed by atoms with van der Waals surface area (Å²) in [5.74, 6) is -5.39. The molecule has 4 aromatic rings. The van der Waals surface area contributed by atoms with E-state index in [1.807, 2.05) is 0 Å². The van der Waals surface area contributed by atoms with Crippen molar-refractivity contribution in [2.45, 2.75) is 64.4 Å². The fourth-order valence-electron chi connectivity index (χ4n) is 8.78. The third kappa shape index (κ3) is 15.9. The Kier molecular flexibility index (Phi) is 21.2. The number of amides is 8. The van der Waals surface area contributed by atoms with E-state index in [4.69, 9.17) is 33.4 Å². The molecule has 0 aliphatic carbocycles. The minimum Gasteiger partial charge on any atom is -0.458 e. The van der Waals surface area contributed by atoms with Gasteiger partial charge in [0.1, 0.15) is 31.8 Å². The van der Waals surface area contributed by atoms with Crippen molar-refractivity contribution < 1.29 is 81.1 Å². The van der Waals surface area contributed by atoms with Gasteiger partial charge in [0.15, 0.2) is 5.60 Å². The molecule has 0 spiro atoms. The number of hydrogen-bond donors (Lipinski definition) is 7. The molecule has 3 aliphatic heterocycles. The molecule has 8 amide bonds. The first kappa shape index (κ1) is 60.1. The number of rotatable bonds is 30. The van der Waals surface area contributed by atoms with Crippen LogP contribution in [0.3, 0.4) is 0 Å². The fourth-order valence-corrected chi connectivity index (χ4v) is 8.78. The number of carbonyl (C=O) groups is 9. The van der Waals surface area contributed by atoms with Crippen LogP contribution in [0.4, 0.5) is 9.18 Å². The van der Waals surface area contributed by atoms with Crippen molar-refractivity contribution in [2.75, 3.05) is 85.8 Å². The van der Waals surface area contributed by atoms with E-state index in [0.717, 1.165) is 4.90 Å². The van der Waals surface area contributed by atoms with Crippen molar-refractivity contribution in [2.24, 2.45) is 0 Å². The first-order chi connectivity index (χ1) is 39.0. The maximum atomic E-state index is 14.9. The number of nitrogens with zero attached hydrogens (tertiary/aromatic N) is 3. The number of carbonyl (C=O) groups excluding carboxylic acids is 9. The van der Waals surface area contributed by atoms with Crippen LogP contribution in [0, 0.1) is 12.7 Å². The first-order valence-electron chi connectivity index (χ1n) is 25.9. The molecule has 26 nitrogen and oxygen atoms in total. The second-order valence-electron chi connectivity index (χ2n) is 18.6. The number of aryl methyl sites for hydroxylation is 1. The molecule has 0 bridgehead atoms. The summed E-state index contributed by atoms with van der Waals surface area (Å²) in [7, 11) is 0. The SMILES string of the molecule is CC[C@@]1(O)C(=O)OCc2c1cc1n(c2=O)Cc2c-1nc1cc(F)c(C)cc1c2CNC(=O)OCCOCNC(=O)CNC(=O)[C@H](Cc1ccccc1)NC(=O)CNC(=O)CNC(=O)CCOCCOCCOCCN1C(=O)C=CC1=O. The summed E-state index contributed by atoms with van der Waals surface area (Å²) in [6.45, 7) is 1.83. The molecule has 7 N–H and O–H groups in total. The number of aliphatic hydroxyl groups is 1. The van der Waals surface area contributed by atoms with Crippen LogP contribution in [0.25, 0.3) is 22.3 Å². The quantitative estimate of drug-likeness (QED) is 0.0129. The molecular weight excluding hydrogens is 1070 g/mol. The van der Waals surface area contributed by atoms with E-state index in [1.54, 1.807) is 50.2 Å². The third-order valence-electron chi connectivity index (χ3n) is 13.2. The Morgan fingerprint density at radius 2 is 1.42 bits per heavy atom. The number of aromatic nitrogens is 2. The fraction of sp³-hybridized carbons (Fsp3) is 0.426. The molecule has 2 atom stereocenters. The van der Waals surface area contributed by atoms with Gasteiger partial charge in [-0.25, -0.2) is 19.0 Å². The number of esters is 1. The highest BCUT2D eigenvalue weighted by molar-refractivity contribution is 6.12. The van der Waals surface area contributed by atoms with Gasteiger partial charge in [0, 0.05) is 54.1 Å². The minimum absolute atomic E-state index is 0.0263. The van der Waals surface area contributed by atoms with Crippen molar-refractivity contribution in [3.8, 4) is 11.4 Å². The van der Waals surface area contributed by atoms with Crippen molar-refractivity contribution in [1.29, 1.82) is 0 Å². The van der Waals surface area contributed by atoms with E-state index in [2.05, 4.69) is 31.9 Å². The van der Waals surface area contributed by atoms with Gasteiger partial charge in [0.2, 0.25) is 29.5 Å². The van der Waals surface area contributed by atoms with Gasteiger partial charge >= 0.3 is 12.1 Å². The lowest BCUT2D eigenvalue weighted by Crippen LogP contribution is -2.52. The molecule has 0 fully saturated rings. The molecule has 3 aliphatic rings. The van der Waals surface area contributed by atoms with Gasteiger partial charge in [-0.05, 0) is 42.2 Å². The Morgan fingerprint density at radius 3 is 2.15 bits per heavy atom. The second kappa shape index (κ2) is 28.6. The van der Waals surface area contributed by atoms with Crippen molar-refractivity contribution in [1.82, 2.24) is 46.4 Å². The summed E-state index contributed by atoms with van der Waals surface area (Å²) in [6, 6.07) is 11.9. The molecule has 432 valence electrons. The Labute approximate surface area is 462 Å². The highest BCUT2D eigenvalue weighted by atomic mass is 19.1. The molecule has 0 saturated heterocycles. The Morgan fingerprint density at radius 1 is 0.765 bits per heavy atom. The molecule has 81 heavy (non-hydrogen) atoms. The summed E-state index contributed by atoms with van der Waals surface area (Å²) in [5, 5.41) is 26.7. The smallest absolute Gasteiger partial charge is 0.407 e. The van der Waals surface area contributed by atoms with Crippen LogP contribution >= 0.6 is 0 Å². The molecule has 27 heteroatoms. The van der Waals surface area contributed by atoms with Crippen LogP contribution in [0.2, 0.25) is 0 Å². The van der Waals surface area contributed by atoms with E-state index in [9.17, 15) is 57.4 Å². The molecule has 0 radical (unpaired) electrons. The van der Waals surface area contributed by atoms with Gasteiger partial charge in [-0.1, -0.05) is 37.3 Å². The van der Waals surface area contributed by atoms with E-state index in [-0.39, 0.29) is 134 Å². The summed E-state index contributed by atoms with van der Waals surface area (Å²) < 4.78 is 48.2. The predicted octanol–water partition coefficient (Wildman–Crippen LogP) is -0.715. The average Bonchev–Trinajstić information content (AvgIpc) is 3.66. The average molecular weight is 1130 g/mol. The van der Waals surface area contributed by atoms with Crippen molar-refractivity contribution >= 4 is 64.3 Å². The lowest BCUT2D eigenvalue weighted by atomic mass is 9.86. The normalized spacial score (nSPS) is 15.3. The zero-order chi connectivity index (χ0) is 58.1. The summed E-state index contributed by atoms with van der Waals surface area (Å²) in [5.41, 5.74) is 0.649. The maximum Gasteiger partial charge on any atom is 0.407 e. The number of nitrogens with one attached hydrogen (secondary N) is 6. The van der Waals surface area contributed by atoms with Crippen LogP contribution in [-0.4, -0.2) is 165 Å². The van der Waals surface area contributed by atoms with Gasteiger partial charge in [-0.15, -0.1) is 0 Å². The monoisotopic (exact) mass is 1130 g/mol. The van der Waals surface area contributed by atoms with E-state index < -0.39 is 84.3 Å². The third-order valence-corrected chi connectivity index (χ3v) is 13.2. The number of hydrogen-bond acceptors (Lipinski definition) is 18. The Bertz CT molecular complexity index is 3120. The predicted molar refractivity (Wildman–Crippen MR) is 280 cm³/mol. The highest BCUT2D eigenvalue weighted by Gasteiger charge is 2.45. The zero-order valence-corrected chi connectivity index (χ0v) is 44.5. The number of cyclic esters (lactones) is 1. The van der Waals surface area contributed by atoms with Gasteiger partial charge in [0.25, 0.3) is 17.4 Å². The largest absolute Gasteiger partial charge is 0.458 e. The standard InChI is InChI=1S/C54H62FN9O17/c1-3-54(75)38-23-42-49-36(29-64(42)51(72)37(38)30-81-52(54)73)35(34-21-32(2)39(55)24-40(34)62-49)25-59-53(74)80-20-19-79-31-60-45(67)27-58-50(71)41(22-33-7-5-4-6-8-33)61-46(68)28-57-44(66)26-56-43(65)11-13-76-15-17-78-18-16-77-14-12-63-47(69)9-10-48(63)70/h4-10,21,23-24,41,75H,3,11-20,22,25-31H2,1-2H3,(H,56,65)(H,57,66)(H,58,71)(H,59,74)(H,60,67)(H,61,68)/t41-,54-/m0/s1. The van der Waals surface area contributed by atoms with Crippen LogP contribution in [-0.2, 0) is 98.5 Å². The van der Waals surface area contributed by atoms with Crippen LogP contribution < -0.4 is 37.5 Å². The number of imide groups is 1. The highest BCUT2D eigenvalue weighted by Crippen LogP contribution is 2.40. The van der Waals surface area contributed by atoms with Gasteiger partial charge < -0.3 is 70.0 Å². The molecule has 2 aromatic heterocycles. The molecule has 0 saturated carbocycles. The van der Waals surface area contributed by atoms with Crippen LogP contribution in [0.1, 0.15) is 53.1 Å². The number of ether oxygens (including phenoxy) is 6. The zero-order valence-electron chi connectivity index (χ0n) is 44.5. The number of halogens is 1. The Balaban J connectivity index is 0.773. The van der Waals surface area contributed by atoms with Crippen LogP contribution in [0.5, 0.6) is 0 Å². The molecular formula is C54H62FN9O17.